The van der Waals surface area contributed by atoms with Crippen molar-refractivity contribution >= 4 is 23.4 Å². The summed E-state index contributed by atoms with van der Waals surface area (Å²) in [6, 6.07) is 7.11. The fraction of sp³-hybridized carbons (Fsp3) is 0.0833. The zero-order valence-electron chi connectivity index (χ0n) is 9.62. The van der Waals surface area contributed by atoms with Gasteiger partial charge >= 0.3 is 0 Å². The van der Waals surface area contributed by atoms with Gasteiger partial charge in [-0.25, -0.2) is 4.98 Å². The lowest BCUT2D eigenvalue weighted by molar-refractivity contribution is 0.494. The summed E-state index contributed by atoms with van der Waals surface area (Å²) in [6.45, 7) is 0. The van der Waals surface area contributed by atoms with Gasteiger partial charge in [0.1, 0.15) is 5.03 Å². The molecule has 0 bridgehead atoms. The van der Waals surface area contributed by atoms with E-state index < -0.39 is 0 Å². The monoisotopic (exact) mass is 293 g/mol. The van der Waals surface area contributed by atoms with E-state index in [1.165, 1.54) is 11.8 Å². The Morgan fingerprint density at radius 3 is 2.95 bits per heavy atom. The average Bonchev–Trinajstić information content (AvgIpc) is 3.09. The number of hydrogen-bond acceptors (Lipinski definition) is 6. The van der Waals surface area contributed by atoms with Crippen LogP contribution in [0, 0.1) is 0 Å². The molecule has 0 unspecified atom stereocenters. The average molecular weight is 294 g/mol. The number of aromatic nitrogens is 3. The number of hydrogen-bond donors (Lipinski definition) is 0. The number of pyridine rings is 1. The van der Waals surface area contributed by atoms with Gasteiger partial charge in [-0.05, 0) is 24.3 Å². The van der Waals surface area contributed by atoms with Crippen molar-refractivity contribution in [2.75, 3.05) is 0 Å². The summed E-state index contributed by atoms with van der Waals surface area (Å²) >= 11 is 7.45. The van der Waals surface area contributed by atoms with Gasteiger partial charge in [0.15, 0.2) is 5.76 Å². The van der Waals surface area contributed by atoms with Gasteiger partial charge in [-0.15, -0.1) is 10.2 Å². The maximum absolute atomic E-state index is 6.01. The fourth-order valence-corrected chi connectivity index (χ4v) is 2.42. The van der Waals surface area contributed by atoms with Crippen LogP contribution < -0.4 is 0 Å². The minimum absolute atomic E-state index is 0.368. The van der Waals surface area contributed by atoms with E-state index in [1.54, 1.807) is 36.7 Å². The molecule has 3 aromatic rings. The van der Waals surface area contributed by atoms with Crippen LogP contribution >= 0.6 is 23.4 Å². The lowest BCUT2D eigenvalue weighted by Gasteiger charge is -1.99. The second kappa shape index (κ2) is 5.46. The van der Waals surface area contributed by atoms with Crippen LogP contribution in [0.15, 0.2) is 50.6 Å². The van der Waals surface area contributed by atoms with Gasteiger partial charge in [-0.1, -0.05) is 23.4 Å². The molecule has 0 amide bonds. The van der Waals surface area contributed by atoms with Crippen molar-refractivity contribution in [3.63, 3.8) is 0 Å². The molecule has 3 heterocycles. The zero-order valence-corrected chi connectivity index (χ0v) is 11.2. The predicted octanol–water partition coefficient (Wildman–Crippen LogP) is 3.67. The topological polar surface area (TPSA) is 65.0 Å². The minimum atomic E-state index is 0.368. The van der Waals surface area contributed by atoms with Gasteiger partial charge in [0.2, 0.25) is 5.89 Å². The van der Waals surface area contributed by atoms with Crippen LogP contribution in [0.25, 0.3) is 11.7 Å². The number of thioether (sulfide) groups is 1. The van der Waals surface area contributed by atoms with Gasteiger partial charge in [-0.2, -0.15) is 0 Å². The van der Waals surface area contributed by atoms with Crippen molar-refractivity contribution in [1.82, 2.24) is 15.2 Å². The Bertz CT molecular complexity index is 669. The Morgan fingerprint density at radius 2 is 2.16 bits per heavy atom. The molecule has 0 aliphatic carbocycles. The zero-order chi connectivity index (χ0) is 13.1. The third-order valence-corrected chi connectivity index (χ3v) is 3.66. The molecule has 0 spiro atoms. The molecular formula is C12H8ClN3O2S. The molecule has 3 aromatic heterocycles. The number of halogens is 1. The Balaban J connectivity index is 1.70. The molecule has 0 saturated carbocycles. The van der Waals surface area contributed by atoms with Crippen molar-refractivity contribution in [1.29, 1.82) is 0 Å². The molecule has 3 rings (SSSR count). The highest BCUT2D eigenvalue weighted by molar-refractivity contribution is 7.98. The molecule has 0 aromatic carbocycles. The molecule has 0 N–H and O–H groups in total. The highest BCUT2D eigenvalue weighted by Crippen LogP contribution is 2.27. The maximum atomic E-state index is 6.01. The van der Waals surface area contributed by atoms with E-state index in [1.807, 2.05) is 0 Å². The van der Waals surface area contributed by atoms with Crippen molar-refractivity contribution < 1.29 is 8.83 Å². The maximum Gasteiger partial charge on any atom is 0.283 e. The Labute approximate surface area is 118 Å². The highest BCUT2D eigenvalue weighted by atomic mass is 35.5. The van der Waals surface area contributed by atoms with Crippen LogP contribution in [-0.2, 0) is 5.75 Å². The summed E-state index contributed by atoms with van der Waals surface area (Å²) in [4.78, 5) is 4.17. The van der Waals surface area contributed by atoms with Crippen LogP contribution in [-0.4, -0.2) is 15.2 Å². The lowest BCUT2D eigenvalue weighted by Crippen LogP contribution is -1.84. The Hall–Kier alpha value is -1.79. The molecular weight excluding hydrogens is 286 g/mol. The van der Waals surface area contributed by atoms with E-state index in [0.29, 0.717) is 28.3 Å². The molecule has 0 aliphatic heterocycles. The first-order valence-electron chi connectivity index (χ1n) is 5.42. The SMILES string of the molecule is Clc1cccnc1SCc1nnc(-c2ccco2)o1. The van der Waals surface area contributed by atoms with Crippen molar-refractivity contribution in [2.45, 2.75) is 10.8 Å². The largest absolute Gasteiger partial charge is 0.459 e. The smallest absolute Gasteiger partial charge is 0.283 e. The first-order chi connectivity index (χ1) is 9.33. The molecule has 0 radical (unpaired) electrons. The molecule has 0 atom stereocenters. The fourth-order valence-electron chi connectivity index (χ4n) is 1.42. The minimum Gasteiger partial charge on any atom is -0.459 e. The van der Waals surface area contributed by atoms with Crippen molar-refractivity contribution in [2.24, 2.45) is 0 Å². The molecule has 19 heavy (non-hydrogen) atoms. The summed E-state index contributed by atoms with van der Waals surface area (Å²) < 4.78 is 10.7. The van der Waals surface area contributed by atoms with Crippen LogP contribution in [0.2, 0.25) is 5.02 Å². The van der Waals surface area contributed by atoms with Gasteiger partial charge in [0.05, 0.1) is 17.0 Å². The number of rotatable bonds is 4. The predicted molar refractivity (Wildman–Crippen MR) is 70.8 cm³/mol. The van der Waals surface area contributed by atoms with E-state index in [2.05, 4.69) is 15.2 Å². The highest BCUT2D eigenvalue weighted by Gasteiger charge is 2.11. The van der Waals surface area contributed by atoms with Crippen LogP contribution in [0.1, 0.15) is 5.89 Å². The first kappa shape index (κ1) is 12.3. The summed E-state index contributed by atoms with van der Waals surface area (Å²) in [6.07, 6.45) is 3.25. The van der Waals surface area contributed by atoms with Crippen molar-refractivity contribution in [3.8, 4) is 11.7 Å². The lowest BCUT2D eigenvalue weighted by atomic mass is 10.5. The third-order valence-electron chi connectivity index (χ3n) is 2.26. The van der Waals surface area contributed by atoms with E-state index in [9.17, 15) is 0 Å². The number of furan rings is 1. The molecule has 96 valence electrons. The van der Waals surface area contributed by atoms with Gasteiger partial charge in [0.25, 0.3) is 5.89 Å². The summed E-state index contributed by atoms with van der Waals surface area (Å²) in [5.41, 5.74) is 0. The number of nitrogens with zero attached hydrogens (tertiary/aromatic N) is 3. The van der Waals surface area contributed by atoms with Crippen molar-refractivity contribution in [3.05, 3.63) is 47.6 Å². The Morgan fingerprint density at radius 1 is 1.21 bits per heavy atom. The standard InChI is InChI=1S/C12H8ClN3O2S/c13-8-3-1-5-14-12(8)19-7-10-15-16-11(18-10)9-4-2-6-17-9/h1-6H,7H2. The van der Waals surface area contributed by atoms with Crippen LogP contribution in [0.3, 0.4) is 0 Å². The second-order valence-corrected chi connectivity index (χ2v) is 4.93. The van der Waals surface area contributed by atoms with Gasteiger partial charge in [0, 0.05) is 6.20 Å². The molecule has 0 saturated heterocycles. The summed E-state index contributed by atoms with van der Waals surface area (Å²) in [5.74, 6) is 1.93. The second-order valence-electron chi connectivity index (χ2n) is 3.56. The molecule has 7 heteroatoms. The van der Waals surface area contributed by atoms with E-state index >= 15 is 0 Å². The van der Waals surface area contributed by atoms with Gasteiger partial charge < -0.3 is 8.83 Å². The molecule has 0 fully saturated rings. The van der Waals surface area contributed by atoms with Crippen LogP contribution in [0.5, 0.6) is 0 Å². The van der Waals surface area contributed by atoms with E-state index in [-0.39, 0.29) is 0 Å². The van der Waals surface area contributed by atoms with Gasteiger partial charge in [-0.3, -0.25) is 0 Å². The third kappa shape index (κ3) is 2.80. The molecule has 0 aliphatic rings. The summed E-state index contributed by atoms with van der Waals surface area (Å²) in [7, 11) is 0. The van der Waals surface area contributed by atoms with Crippen LogP contribution in [0.4, 0.5) is 0 Å². The Kier molecular flexibility index (Phi) is 3.52. The summed E-state index contributed by atoms with van der Waals surface area (Å²) in [5, 5.41) is 9.21. The van der Waals surface area contributed by atoms with E-state index in [4.69, 9.17) is 20.4 Å². The first-order valence-corrected chi connectivity index (χ1v) is 6.79. The normalized spacial score (nSPS) is 10.8. The quantitative estimate of drug-likeness (QED) is 0.684. The molecule has 5 nitrogen and oxygen atoms in total. The van der Waals surface area contributed by atoms with E-state index in [0.717, 1.165) is 5.03 Å².